The minimum atomic E-state index is 0. The Morgan fingerprint density at radius 1 is 1.62 bits per heavy atom. The van der Waals surface area contributed by atoms with Gasteiger partial charge in [-0.15, -0.1) is 0 Å². The summed E-state index contributed by atoms with van der Waals surface area (Å²) in [5.74, 6) is 0.867. The Balaban J connectivity index is 0.000000845. The van der Waals surface area contributed by atoms with Gasteiger partial charge in [0, 0.05) is 0 Å². The van der Waals surface area contributed by atoms with Gasteiger partial charge in [0.25, 0.3) is 0 Å². The molecule has 0 saturated heterocycles. The summed E-state index contributed by atoms with van der Waals surface area (Å²) in [6, 6.07) is 0. The van der Waals surface area contributed by atoms with E-state index in [1.165, 1.54) is 6.33 Å². The first-order valence-electron chi connectivity index (χ1n) is 3.70. The van der Waals surface area contributed by atoms with E-state index in [0.717, 1.165) is 12.4 Å². The summed E-state index contributed by atoms with van der Waals surface area (Å²) in [7, 11) is 1.98. The van der Waals surface area contributed by atoms with E-state index in [2.05, 4.69) is 15.2 Å². The predicted molar refractivity (Wildman–Crippen MR) is 41.1 cm³/mol. The van der Waals surface area contributed by atoms with Crippen molar-refractivity contribution in [2.45, 2.75) is 6.54 Å². The maximum absolute atomic E-state index is 4.02. The molecule has 13 heavy (non-hydrogen) atoms. The van der Waals surface area contributed by atoms with Gasteiger partial charge in [0.2, 0.25) is 6.33 Å². The number of aromatic nitrogens is 5. The van der Waals surface area contributed by atoms with Gasteiger partial charge in [0.05, 0.1) is 7.05 Å². The molecule has 6 heteroatoms. The lowest BCUT2D eigenvalue weighted by Gasteiger charge is -1.88. The van der Waals surface area contributed by atoms with Crippen LogP contribution < -0.4 is 17.0 Å². The molecule has 0 unspecified atom stereocenters. The topological polar surface area (TPSA) is 50.4 Å². The fourth-order valence-corrected chi connectivity index (χ4v) is 1.08. The largest absolute Gasteiger partial charge is 1.00 e. The van der Waals surface area contributed by atoms with Gasteiger partial charge in [-0.2, -0.15) is 5.10 Å². The van der Waals surface area contributed by atoms with Crippen molar-refractivity contribution in [3.8, 4) is 0 Å². The standard InChI is InChI=1S/C7H10N5.ClH/c1-11-2-3-12(6-11)4-7-8-5-9-10-7;/h2-3,5-6H,4H2,1H3,(H,8,9,10);1H/q+1;/p-1. The Morgan fingerprint density at radius 3 is 3.00 bits per heavy atom. The van der Waals surface area contributed by atoms with Crippen molar-refractivity contribution in [2.75, 3.05) is 0 Å². The molecule has 0 atom stereocenters. The van der Waals surface area contributed by atoms with Crippen LogP contribution in [0, 0.1) is 0 Å². The minimum absolute atomic E-state index is 0. The number of nitrogens with zero attached hydrogens (tertiary/aromatic N) is 4. The first kappa shape index (κ1) is 9.73. The van der Waals surface area contributed by atoms with E-state index < -0.39 is 0 Å². The van der Waals surface area contributed by atoms with Gasteiger partial charge in [-0.05, 0) is 0 Å². The average Bonchev–Trinajstić information content (AvgIpc) is 2.63. The Kier molecular flexibility index (Phi) is 3.02. The molecule has 2 aromatic rings. The zero-order chi connectivity index (χ0) is 8.39. The molecule has 0 fully saturated rings. The summed E-state index contributed by atoms with van der Waals surface area (Å²) in [4.78, 5) is 4.02. The van der Waals surface area contributed by atoms with E-state index >= 15 is 0 Å². The molecule has 1 N–H and O–H groups in total. The number of imidazole rings is 1. The van der Waals surface area contributed by atoms with Crippen molar-refractivity contribution in [1.82, 2.24) is 19.7 Å². The maximum Gasteiger partial charge on any atom is 0.243 e. The van der Waals surface area contributed by atoms with E-state index in [4.69, 9.17) is 0 Å². The van der Waals surface area contributed by atoms with E-state index in [0.29, 0.717) is 0 Å². The zero-order valence-electron chi connectivity index (χ0n) is 7.18. The van der Waals surface area contributed by atoms with Crippen molar-refractivity contribution in [1.29, 1.82) is 0 Å². The molecular formula is C7H10ClN5. The van der Waals surface area contributed by atoms with Crippen LogP contribution in [0.4, 0.5) is 0 Å². The Bertz CT molecular complexity index is 353. The Labute approximate surface area is 81.8 Å². The number of nitrogens with one attached hydrogen (secondary N) is 1. The van der Waals surface area contributed by atoms with E-state index in [-0.39, 0.29) is 12.4 Å². The summed E-state index contributed by atoms with van der Waals surface area (Å²) in [5, 5.41) is 6.57. The SMILES string of the molecule is C[n+]1ccn(Cc2ncn[nH]2)c1.[Cl-]. The first-order valence-corrected chi connectivity index (χ1v) is 3.70. The fourth-order valence-electron chi connectivity index (χ4n) is 1.08. The highest BCUT2D eigenvalue weighted by atomic mass is 35.5. The lowest BCUT2D eigenvalue weighted by Crippen LogP contribution is -3.00. The fraction of sp³-hybridized carbons (Fsp3) is 0.286. The van der Waals surface area contributed by atoms with Crippen LogP contribution in [0.1, 0.15) is 5.82 Å². The summed E-state index contributed by atoms with van der Waals surface area (Å²) in [6.45, 7) is 0.737. The van der Waals surface area contributed by atoms with Crippen LogP contribution in [0.15, 0.2) is 25.0 Å². The van der Waals surface area contributed by atoms with E-state index in [9.17, 15) is 0 Å². The Morgan fingerprint density at radius 2 is 2.46 bits per heavy atom. The molecule has 2 rings (SSSR count). The van der Waals surface area contributed by atoms with Crippen molar-refractivity contribution < 1.29 is 17.0 Å². The van der Waals surface area contributed by atoms with Crippen LogP contribution in [0.5, 0.6) is 0 Å². The van der Waals surface area contributed by atoms with Crippen LogP contribution in [-0.4, -0.2) is 19.7 Å². The van der Waals surface area contributed by atoms with Gasteiger partial charge < -0.3 is 12.4 Å². The number of aryl methyl sites for hydroxylation is 1. The second-order valence-electron chi connectivity index (χ2n) is 2.68. The van der Waals surface area contributed by atoms with Crippen molar-refractivity contribution >= 4 is 0 Å². The highest BCUT2D eigenvalue weighted by Gasteiger charge is 2.02. The number of aromatic amines is 1. The second-order valence-corrected chi connectivity index (χ2v) is 2.68. The molecular weight excluding hydrogens is 190 g/mol. The highest BCUT2D eigenvalue weighted by molar-refractivity contribution is 4.82. The van der Waals surface area contributed by atoms with E-state index in [1.54, 1.807) is 0 Å². The zero-order valence-corrected chi connectivity index (χ0v) is 7.94. The molecule has 0 aromatic carbocycles. The minimum Gasteiger partial charge on any atom is -1.00 e. The van der Waals surface area contributed by atoms with Crippen LogP contribution >= 0.6 is 0 Å². The molecule has 0 amide bonds. The summed E-state index contributed by atoms with van der Waals surface area (Å²) in [6.07, 6.45) is 7.47. The molecule has 2 aromatic heterocycles. The lowest BCUT2D eigenvalue weighted by molar-refractivity contribution is -0.671. The highest BCUT2D eigenvalue weighted by Crippen LogP contribution is 1.90. The molecule has 0 aliphatic rings. The smallest absolute Gasteiger partial charge is 0.243 e. The van der Waals surface area contributed by atoms with Gasteiger partial charge in [-0.3, -0.25) is 5.10 Å². The molecule has 70 valence electrons. The molecule has 0 radical (unpaired) electrons. The number of halogens is 1. The third-order valence-corrected chi connectivity index (χ3v) is 1.62. The molecule has 0 spiro atoms. The van der Waals surface area contributed by atoms with Crippen LogP contribution in [0.25, 0.3) is 0 Å². The lowest BCUT2D eigenvalue weighted by atomic mass is 10.6. The molecule has 0 aliphatic heterocycles. The third kappa shape index (κ3) is 2.29. The summed E-state index contributed by atoms with van der Waals surface area (Å²) >= 11 is 0. The normalized spacial score (nSPS) is 9.62. The maximum atomic E-state index is 4.02. The van der Waals surface area contributed by atoms with Gasteiger partial charge in [0.1, 0.15) is 25.3 Å². The van der Waals surface area contributed by atoms with Crippen molar-refractivity contribution in [2.24, 2.45) is 7.05 Å². The molecule has 2 heterocycles. The summed E-state index contributed by atoms with van der Waals surface area (Å²) < 4.78 is 4.01. The average molecular weight is 200 g/mol. The monoisotopic (exact) mass is 199 g/mol. The van der Waals surface area contributed by atoms with Crippen molar-refractivity contribution in [3.05, 3.63) is 30.9 Å². The van der Waals surface area contributed by atoms with Crippen LogP contribution in [0.3, 0.4) is 0 Å². The van der Waals surface area contributed by atoms with E-state index in [1.807, 2.05) is 34.9 Å². The molecule has 5 nitrogen and oxygen atoms in total. The van der Waals surface area contributed by atoms with Gasteiger partial charge in [0.15, 0.2) is 5.82 Å². The Hall–Kier alpha value is -1.36. The van der Waals surface area contributed by atoms with Gasteiger partial charge in [-0.1, -0.05) is 0 Å². The third-order valence-electron chi connectivity index (χ3n) is 1.62. The number of hydrogen-bond donors (Lipinski definition) is 1. The predicted octanol–water partition coefficient (Wildman–Crippen LogP) is -3.52. The molecule has 0 aliphatic carbocycles. The second kappa shape index (κ2) is 4.04. The van der Waals surface area contributed by atoms with Gasteiger partial charge >= 0.3 is 0 Å². The molecule has 0 bridgehead atoms. The molecule has 0 saturated carbocycles. The number of rotatable bonds is 2. The van der Waals surface area contributed by atoms with Crippen LogP contribution in [0.2, 0.25) is 0 Å². The first-order chi connectivity index (χ1) is 5.84. The number of hydrogen-bond acceptors (Lipinski definition) is 2. The van der Waals surface area contributed by atoms with Crippen molar-refractivity contribution in [3.63, 3.8) is 0 Å². The van der Waals surface area contributed by atoms with Crippen LogP contribution in [-0.2, 0) is 13.6 Å². The van der Waals surface area contributed by atoms with Gasteiger partial charge in [-0.25, -0.2) is 14.1 Å². The number of H-pyrrole nitrogens is 1. The summed E-state index contributed by atoms with van der Waals surface area (Å²) in [5.41, 5.74) is 0. The quantitative estimate of drug-likeness (QED) is 0.510.